The van der Waals surface area contributed by atoms with E-state index >= 15 is 0 Å². The number of nitrogens with zero attached hydrogens (tertiary/aromatic N) is 3. The third-order valence-electron chi connectivity index (χ3n) is 8.35. The lowest BCUT2D eigenvalue weighted by atomic mass is 9.86. The molecule has 1 aliphatic heterocycles. The molecule has 0 radical (unpaired) electrons. The van der Waals surface area contributed by atoms with Crippen LogP contribution < -0.4 is 4.74 Å². The van der Waals surface area contributed by atoms with E-state index in [1.54, 1.807) is 36.4 Å². The smallest absolute Gasteiger partial charge is 0.335 e. The summed E-state index contributed by atoms with van der Waals surface area (Å²) >= 11 is 6.18. The summed E-state index contributed by atoms with van der Waals surface area (Å²) in [4.78, 5) is 21.2. The number of rotatable bonds is 9. The Hall–Kier alpha value is -4.21. The maximum Gasteiger partial charge on any atom is 0.335 e. The highest BCUT2D eigenvalue weighted by atomic mass is 35.5. The zero-order valence-corrected chi connectivity index (χ0v) is 24.0. The average molecular weight is 602 g/mol. The minimum atomic E-state index is -0.945. The molecule has 8 nitrogen and oxygen atoms in total. The average Bonchev–Trinajstić information content (AvgIpc) is 3.55. The molecule has 4 heterocycles. The Morgan fingerprint density at radius 3 is 2.79 bits per heavy atom. The first-order valence-electron chi connectivity index (χ1n) is 14.4. The molecular formula is C33H29ClFN3O5. The number of fused-ring (bicyclic) bond motifs is 2. The number of benzene rings is 2. The third-order valence-corrected chi connectivity index (χ3v) is 8.68. The van der Waals surface area contributed by atoms with Gasteiger partial charge in [-0.05, 0) is 67.5 Å². The van der Waals surface area contributed by atoms with Crippen LogP contribution in [-0.4, -0.2) is 38.3 Å². The van der Waals surface area contributed by atoms with E-state index in [4.69, 9.17) is 35.5 Å². The zero-order valence-electron chi connectivity index (χ0n) is 23.3. The maximum absolute atomic E-state index is 13.7. The van der Waals surface area contributed by atoms with Crippen molar-refractivity contribution in [3.05, 3.63) is 94.4 Å². The summed E-state index contributed by atoms with van der Waals surface area (Å²) in [5.74, 6) is 0.903. The van der Waals surface area contributed by atoms with Crippen molar-refractivity contribution in [2.24, 2.45) is 5.92 Å². The highest BCUT2D eigenvalue weighted by Crippen LogP contribution is 2.34. The molecule has 10 heteroatoms. The molecule has 0 saturated carbocycles. The van der Waals surface area contributed by atoms with Crippen LogP contribution in [0.2, 0.25) is 5.02 Å². The normalized spacial score (nSPS) is 18.5. The molecule has 3 aromatic heterocycles. The number of carboxylic acid groups (broad SMARTS) is 1. The number of hydrogen-bond acceptors (Lipinski definition) is 6. The molecule has 1 unspecified atom stereocenters. The van der Waals surface area contributed by atoms with E-state index < -0.39 is 12.0 Å². The van der Waals surface area contributed by atoms with Crippen LogP contribution in [0, 0.1) is 11.9 Å². The van der Waals surface area contributed by atoms with E-state index in [0.29, 0.717) is 39.9 Å². The van der Waals surface area contributed by atoms with Gasteiger partial charge in [0.1, 0.15) is 18.0 Å². The minimum absolute atomic E-state index is 0.133. The lowest BCUT2D eigenvalue weighted by Crippen LogP contribution is -2.32. The van der Waals surface area contributed by atoms with Crippen LogP contribution in [-0.2, 0) is 24.3 Å². The van der Waals surface area contributed by atoms with Crippen LogP contribution in [0.15, 0.2) is 65.1 Å². The first-order chi connectivity index (χ1) is 20.9. The molecule has 0 spiro atoms. The Labute approximate surface area is 251 Å². The fraction of sp³-hybridized carbons (Fsp3) is 0.303. The fourth-order valence-electron chi connectivity index (χ4n) is 5.92. The van der Waals surface area contributed by atoms with Crippen LogP contribution in [0.5, 0.6) is 5.88 Å². The molecule has 1 aliphatic carbocycles. The molecule has 1 fully saturated rings. The summed E-state index contributed by atoms with van der Waals surface area (Å²) in [5.41, 5.74) is 5.01. The van der Waals surface area contributed by atoms with Crippen molar-refractivity contribution in [2.75, 3.05) is 6.61 Å². The molecule has 0 bridgehead atoms. The Kier molecular flexibility index (Phi) is 7.36. The summed E-state index contributed by atoms with van der Waals surface area (Å²) in [5, 5.41) is 10.5. The summed E-state index contributed by atoms with van der Waals surface area (Å²) in [7, 11) is 0. The van der Waals surface area contributed by atoms with Crippen molar-refractivity contribution >= 4 is 45.1 Å². The van der Waals surface area contributed by atoms with Crippen molar-refractivity contribution in [1.29, 1.82) is 0 Å². The Bertz CT molecular complexity index is 1880. The van der Waals surface area contributed by atoms with Crippen molar-refractivity contribution in [2.45, 2.75) is 51.4 Å². The number of carbonyl (C=O) groups is 1. The van der Waals surface area contributed by atoms with Crippen LogP contribution in [0.3, 0.4) is 0 Å². The number of imidazole rings is 1. The van der Waals surface area contributed by atoms with Gasteiger partial charge in [-0.2, -0.15) is 4.39 Å². The van der Waals surface area contributed by atoms with Gasteiger partial charge in [-0.25, -0.2) is 14.8 Å². The van der Waals surface area contributed by atoms with Crippen molar-refractivity contribution in [3.63, 3.8) is 0 Å². The number of ether oxygens (including phenoxy) is 2. The fourth-order valence-corrected chi connectivity index (χ4v) is 6.12. The standard InChI is InChI=1S/C33H29ClFN3O5/c34-25-10-8-22(32-24(25)16-29(35)43-32)18-42-31-3-1-2-26(37-31)20-6-4-19(5-7-20)14-30-36-27-11-9-21(33(39)40)15-28(27)38(30)17-23-12-13-41-23/h1-3,6,8-11,15-16,19,23H,4-5,7,12-14,17-18H2,(H,39,40)/t19-,23?/m1/s1. The summed E-state index contributed by atoms with van der Waals surface area (Å²) in [6, 6.07) is 14.9. The van der Waals surface area contributed by atoms with Crippen LogP contribution >= 0.6 is 11.6 Å². The third kappa shape index (κ3) is 5.62. The van der Waals surface area contributed by atoms with E-state index in [2.05, 4.69) is 10.6 Å². The monoisotopic (exact) mass is 601 g/mol. The first-order valence-corrected chi connectivity index (χ1v) is 14.8. The second-order valence-electron chi connectivity index (χ2n) is 11.2. The van der Waals surface area contributed by atoms with Crippen molar-refractivity contribution in [1.82, 2.24) is 14.5 Å². The quantitative estimate of drug-likeness (QED) is 0.187. The predicted molar refractivity (Wildman–Crippen MR) is 160 cm³/mol. The molecule has 5 aromatic rings. The lowest BCUT2D eigenvalue weighted by Gasteiger charge is -2.28. The molecule has 2 atom stereocenters. The largest absolute Gasteiger partial charge is 0.478 e. The molecule has 1 N–H and O–H groups in total. The van der Waals surface area contributed by atoms with Crippen LogP contribution in [0.4, 0.5) is 4.39 Å². The van der Waals surface area contributed by atoms with E-state index in [9.17, 15) is 14.3 Å². The van der Waals surface area contributed by atoms with Gasteiger partial charge in [0.25, 0.3) is 6.01 Å². The van der Waals surface area contributed by atoms with Crippen LogP contribution in [0.25, 0.3) is 27.6 Å². The molecular weight excluding hydrogens is 573 g/mol. The van der Waals surface area contributed by atoms with Gasteiger partial charge in [0.15, 0.2) is 0 Å². The van der Waals surface area contributed by atoms with E-state index in [1.165, 1.54) is 11.6 Å². The number of carboxylic acids is 1. The zero-order chi connectivity index (χ0) is 29.5. The van der Waals surface area contributed by atoms with Gasteiger partial charge in [-0.3, -0.25) is 0 Å². The molecule has 1 saturated heterocycles. The van der Waals surface area contributed by atoms with Crippen molar-refractivity contribution in [3.8, 4) is 5.88 Å². The number of allylic oxidation sites excluding steroid dienone is 2. The maximum atomic E-state index is 13.7. The Morgan fingerprint density at radius 2 is 2.02 bits per heavy atom. The van der Waals surface area contributed by atoms with E-state index in [1.807, 2.05) is 12.1 Å². The molecule has 220 valence electrons. The van der Waals surface area contributed by atoms with Gasteiger partial charge in [0.05, 0.1) is 40.0 Å². The van der Waals surface area contributed by atoms with Gasteiger partial charge < -0.3 is 23.6 Å². The summed E-state index contributed by atoms with van der Waals surface area (Å²) in [6.07, 6.45) is 6.92. The summed E-state index contributed by atoms with van der Waals surface area (Å²) < 4.78 is 32.7. The van der Waals surface area contributed by atoms with Gasteiger partial charge in [0.2, 0.25) is 5.88 Å². The second kappa shape index (κ2) is 11.5. The first kappa shape index (κ1) is 27.6. The summed E-state index contributed by atoms with van der Waals surface area (Å²) in [6.45, 7) is 1.60. The van der Waals surface area contributed by atoms with Gasteiger partial charge >= 0.3 is 5.97 Å². The molecule has 0 amide bonds. The number of pyridine rings is 1. The van der Waals surface area contributed by atoms with Gasteiger partial charge in [-0.15, -0.1) is 0 Å². The second-order valence-corrected chi connectivity index (χ2v) is 11.6. The SMILES string of the molecule is O=C(O)c1ccc2nc(C[C@@H]3CC=C(c4cccc(OCc5ccc(Cl)c6cc(F)oc56)n4)CC3)n(CC3CCO3)c2c1. The van der Waals surface area contributed by atoms with Gasteiger partial charge in [-0.1, -0.05) is 29.8 Å². The molecule has 7 rings (SSSR count). The number of furan rings is 1. The predicted octanol–water partition coefficient (Wildman–Crippen LogP) is 7.46. The molecule has 2 aliphatic rings. The molecule has 2 aromatic carbocycles. The van der Waals surface area contributed by atoms with Gasteiger partial charge in [0, 0.05) is 36.1 Å². The number of hydrogen-bond donors (Lipinski definition) is 1. The minimum Gasteiger partial charge on any atom is -0.478 e. The number of aromatic nitrogens is 3. The Balaban J connectivity index is 1.05. The van der Waals surface area contributed by atoms with E-state index in [-0.39, 0.29) is 18.3 Å². The topological polar surface area (TPSA) is 99.6 Å². The number of aromatic carboxylic acids is 1. The van der Waals surface area contributed by atoms with Crippen molar-refractivity contribution < 1.29 is 28.2 Å². The lowest BCUT2D eigenvalue weighted by molar-refractivity contribution is -0.0590. The Morgan fingerprint density at radius 1 is 1.14 bits per heavy atom. The highest BCUT2D eigenvalue weighted by Gasteiger charge is 2.25. The van der Waals surface area contributed by atoms with Crippen LogP contribution in [0.1, 0.15) is 53.1 Å². The number of halogens is 2. The van der Waals surface area contributed by atoms with E-state index in [0.717, 1.165) is 61.3 Å². The highest BCUT2D eigenvalue weighted by molar-refractivity contribution is 6.35. The molecule has 43 heavy (non-hydrogen) atoms.